The molecule has 0 spiro atoms. The molecule has 1 atom stereocenters. The van der Waals surface area contributed by atoms with Gasteiger partial charge in [-0.15, -0.1) is 0 Å². The second kappa shape index (κ2) is 5.68. The third-order valence-corrected chi connectivity index (χ3v) is 3.98. The number of aromatic nitrogens is 2. The van der Waals surface area contributed by atoms with Gasteiger partial charge in [0.1, 0.15) is 11.3 Å². The molecular weight excluding hydrogens is 264 g/mol. The van der Waals surface area contributed by atoms with Crippen molar-refractivity contribution in [1.29, 1.82) is 0 Å². The second-order valence-electron chi connectivity index (χ2n) is 5.80. The summed E-state index contributed by atoms with van der Waals surface area (Å²) in [6.07, 6.45) is 6.22. The number of nitrogens with zero attached hydrogens (tertiary/aromatic N) is 3. The molecule has 2 aromatic rings. The average Bonchev–Trinajstić information content (AvgIpc) is 2.81. The van der Waals surface area contributed by atoms with E-state index in [1.54, 1.807) is 4.40 Å². The Labute approximate surface area is 124 Å². The highest BCUT2D eigenvalue weighted by Crippen LogP contribution is 2.21. The van der Waals surface area contributed by atoms with E-state index in [1.807, 2.05) is 31.3 Å². The van der Waals surface area contributed by atoms with E-state index < -0.39 is 0 Å². The van der Waals surface area contributed by atoms with Gasteiger partial charge in [0.05, 0.1) is 5.69 Å². The molecule has 0 bridgehead atoms. The van der Waals surface area contributed by atoms with Crippen molar-refractivity contribution < 1.29 is 4.79 Å². The number of amides is 1. The summed E-state index contributed by atoms with van der Waals surface area (Å²) in [6.45, 7) is 4.07. The van der Waals surface area contributed by atoms with Crippen LogP contribution < -0.4 is 5.43 Å². The second-order valence-corrected chi connectivity index (χ2v) is 5.80. The number of hydrazone groups is 1. The van der Waals surface area contributed by atoms with Crippen LogP contribution >= 0.6 is 0 Å². The molecule has 1 amide bonds. The Hall–Kier alpha value is -2.17. The van der Waals surface area contributed by atoms with Gasteiger partial charge in [0.25, 0.3) is 5.91 Å². The van der Waals surface area contributed by atoms with Crippen molar-refractivity contribution in [2.45, 2.75) is 39.5 Å². The van der Waals surface area contributed by atoms with Gasteiger partial charge in [0.2, 0.25) is 0 Å². The molecule has 0 aliphatic heterocycles. The lowest BCUT2D eigenvalue weighted by Crippen LogP contribution is -2.24. The standard InChI is InChI=1S/C16H20N4O/c1-11-6-5-7-13(10-11)18-19-16(21)15-12(2)17-14-8-3-4-9-20(14)15/h3-4,8-9,11H,5-7,10H2,1-2H3,(H,19,21). The van der Waals surface area contributed by atoms with Crippen LogP contribution in [0.2, 0.25) is 0 Å². The smallest absolute Gasteiger partial charge is 0.290 e. The van der Waals surface area contributed by atoms with E-state index in [9.17, 15) is 4.79 Å². The van der Waals surface area contributed by atoms with Crippen molar-refractivity contribution in [2.75, 3.05) is 0 Å². The fourth-order valence-electron chi connectivity index (χ4n) is 2.93. The van der Waals surface area contributed by atoms with Crippen LogP contribution in [-0.2, 0) is 0 Å². The van der Waals surface area contributed by atoms with Crippen molar-refractivity contribution in [2.24, 2.45) is 11.0 Å². The Morgan fingerprint density at radius 2 is 2.33 bits per heavy atom. The SMILES string of the molecule is Cc1nc2ccccn2c1C(=O)NN=C1CCCC(C)C1. The summed E-state index contributed by atoms with van der Waals surface area (Å²) >= 11 is 0. The monoisotopic (exact) mass is 284 g/mol. The molecule has 1 N–H and O–H groups in total. The van der Waals surface area contributed by atoms with Gasteiger partial charge in [-0.25, -0.2) is 10.4 Å². The van der Waals surface area contributed by atoms with Gasteiger partial charge < -0.3 is 0 Å². The van der Waals surface area contributed by atoms with E-state index in [0.29, 0.717) is 11.6 Å². The molecule has 0 aromatic carbocycles. The molecular formula is C16H20N4O. The first kappa shape index (κ1) is 13.8. The lowest BCUT2D eigenvalue weighted by molar-refractivity contribution is 0.0948. The summed E-state index contributed by atoms with van der Waals surface area (Å²) in [5, 5.41) is 4.31. The molecule has 1 aliphatic rings. The normalized spacial score (nSPS) is 20.9. The first-order chi connectivity index (χ1) is 10.1. The van der Waals surface area contributed by atoms with Crippen LogP contribution in [0, 0.1) is 12.8 Å². The van der Waals surface area contributed by atoms with Crippen molar-refractivity contribution in [1.82, 2.24) is 14.8 Å². The van der Waals surface area contributed by atoms with Crippen molar-refractivity contribution >= 4 is 17.3 Å². The molecule has 2 aromatic heterocycles. The van der Waals surface area contributed by atoms with E-state index in [2.05, 4.69) is 22.4 Å². The number of nitrogens with one attached hydrogen (secondary N) is 1. The predicted octanol–water partition coefficient (Wildman–Crippen LogP) is 2.94. The first-order valence-corrected chi connectivity index (χ1v) is 7.44. The van der Waals surface area contributed by atoms with Crippen LogP contribution in [0.25, 0.3) is 5.65 Å². The number of imidazole rings is 1. The summed E-state index contributed by atoms with van der Waals surface area (Å²) in [5.41, 5.74) is 5.84. The third-order valence-electron chi connectivity index (χ3n) is 3.98. The zero-order chi connectivity index (χ0) is 14.8. The Morgan fingerprint density at radius 1 is 1.48 bits per heavy atom. The van der Waals surface area contributed by atoms with Crippen molar-refractivity contribution in [3.63, 3.8) is 0 Å². The predicted molar refractivity (Wildman–Crippen MR) is 82.5 cm³/mol. The maximum Gasteiger partial charge on any atom is 0.290 e. The van der Waals surface area contributed by atoms with Gasteiger partial charge in [-0.05, 0) is 50.7 Å². The number of carbonyl (C=O) groups excluding carboxylic acids is 1. The fourth-order valence-corrected chi connectivity index (χ4v) is 2.93. The topological polar surface area (TPSA) is 58.8 Å². The zero-order valence-electron chi connectivity index (χ0n) is 12.5. The van der Waals surface area contributed by atoms with Crippen LogP contribution in [0.5, 0.6) is 0 Å². The van der Waals surface area contributed by atoms with E-state index in [0.717, 1.165) is 36.3 Å². The molecule has 1 saturated carbocycles. The molecule has 110 valence electrons. The minimum Gasteiger partial charge on any atom is -0.295 e. The lowest BCUT2D eigenvalue weighted by Gasteiger charge is -2.18. The molecule has 2 heterocycles. The van der Waals surface area contributed by atoms with Gasteiger partial charge in [-0.1, -0.05) is 13.0 Å². The third kappa shape index (κ3) is 2.82. The molecule has 1 unspecified atom stereocenters. The van der Waals surface area contributed by atoms with E-state index in [-0.39, 0.29) is 5.91 Å². The summed E-state index contributed by atoms with van der Waals surface area (Å²) in [4.78, 5) is 16.8. The number of carbonyl (C=O) groups is 1. The maximum atomic E-state index is 12.4. The van der Waals surface area contributed by atoms with Gasteiger partial charge >= 0.3 is 0 Å². The van der Waals surface area contributed by atoms with Crippen LogP contribution in [0.15, 0.2) is 29.5 Å². The molecule has 1 aliphatic carbocycles. The number of hydrogen-bond acceptors (Lipinski definition) is 3. The Bertz CT molecular complexity index is 701. The summed E-state index contributed by atoms with van der Waals surface area (Å²) in [7, 11) is 0. The zero-order valence-corrected chi connectivity index (χ0v) is 12.5. The molecule has 5 heteroatoms. The van der Waals surface area contributed by atoms with Crippen LogP contribution in [0.1, 0.15) is 48.8 Å². The van der Waals surface area contributed by atoms with Gasteiger partial charge in [0, 0.05) is 11.9 Å². The Morgan fingerprint density at radius 3 is 3.14 bits per heavy atom. The molecule has 3 rings (SSSR count). The Balaban J connectivity index is 1.81. The largest absolute Gasteiger partial charge is 0.295 e. The van der Waals surface area contributed by atoms with Gasteiger partial charge in [-0.3, -0.25) is 9.20 Å². The highest BCUT2D eigenvalue weighted by atomic mass is 16.2. The van der Waals surface area contributed by atoms with Crippen molar-refractivity contribution in [3.8, 4) is 0 Å². The van der Waals surface area contributed by atoms with Gasteiger partial charge in [-0.2, -0.15) is 5.10 Å². The minimum atomic E-state index is -0.197. The summed E-state index contributed by atoms with van der Waals surface area (Å²) in [5.74, 6) is 0.462. The van der Waals surface area contributed by atoms with Gasteiger partial charge in [0.15, 0.2) is 0 Å². The molecule has 21 heavy (non-hydrogen) atoms. The van der Waals surface area contributed by atoms with Crippen LogP contribution in [0.3, 0.4) is 0 Å². The maximum absolute atomic E-state index is 12.4. The lowest BCUT2D eigenvalue weighted by atomic mass is 9.89. The minimum absolute atomic E-state index is 0.197. The highest BCUT2D eigenvalue weighted by molar-refractivity contribution is 5.96. The quantitative estimate of drug-likeness (QED) is 0.862. The van der Waals surface area contributed by atoms with Crippen LogP contribution in [0.4, 0.5) is 0 Å². The number of rotatable bonds is 2. The first-order valence-electron chi connectivity index (χ1n) is 7.44. The number of fused-ring (bicyclic) bond motifs is 1. The Kier molecular flexibility index (Phi) is 3.73. The summed E-state index contributed by atoms with van der Waals surface area (Å²) < 4.78 is 1.80. The van der Waals surface area contributed by atoms with Crippen LogP contribution in [-0.4, -0.2) is 21.0 Å². The van der Waals surface area contributed by atoms with E-state index in [4.69, 9.17) is 0 Å². The molecule has 5 nitrogen and oxygen atoms in total. The van der Waals surface area contributed by atoms with Crippen molar-refractivity contribution in [3.05, 3.63) is 35.8 Å². The van der Waals surface area contributed by atoms with E-state index in [1.165, 1.54) is 6.42 Å². The number of hydrogen-bond donors (Lipinski definition) is 1. The fraction of sp³-hybridized carbons (Fsp3) is 0.438. The summed E-state index contributed by atoms with van der Waals surface area (Å²) in [6, 6.07) is 5.69. The molecule has 0 saturated heterocycles. The number of pyridine rings is 1. The molecule has 0 radical (unpaired) electrons. The molecule has 1 fully saturated rings. The number of aryl methyl sites for hydroxylation is 1. The highest BCUT2D eigenvalue weighted by Gasteiger charge is 2.17. The van der Waals surface area contributed by atoms with E-state index >= 15 is 0 Å². The average molecular weight is 284 g/mol.